The van der Waals surface area contributed by atoms with Crippen LogP contribution >= 0.6 is 0 Å². The highest BCUT2D eigenvalue weighted by Crippen LogP contribution is 2.13. The average molecular weight is 327 g/mol. The quantitative estimate of drug-likeness (QED) is 0.905. The molecule has 0 amide bonds. The molecule has 0 saturated heterocycles. The lowest BCUT2D eigenvalue weighted by atomic mass is 10.2. The second-order valence-corrected chi connectivity index (χ2v) is 4.14. The summed E-state index contributed by atoms with van der Waals surface area (Å²) in [6.45, 7) is 0. The van der Waals surface area contributed by atoms with Crippen LogP contribution < -0.4 is 0 Å². The minimum Gasteiger partial charge on any atom is -0.477 e. The molecule has 122 valence electrons. The van der Waals surface area contributed by atoms with E-state index < -0.39 is 18.1 Å². The van der Waals surface area contributed by atoms with Crippen LogP contribution in [0.2, 0.25) is 0 Å². The number of hydrogen-bond donors (Lipinski definition) is 2. The van der Waals surface area contributed by atoms with Crippen LogP contribution in [0.3, 0.4) is 0 Å². The average Bonchev–Trinajstić information content (AvgIpc) is 2.94. The van der Waals surface area contributed by atoms with Crippen LogP contribution in [0.15, 0.2) is 48.7 Å². The summed E-state index contributed by atoms with van der Waals surface area (Å²) in [7, 11) is 0. The molecule has 0 saturated carbocycles. The summed E-state index contributed by atoms with van der Waals surface area (Å²) in [6, 6.07) is 13.0. The van der Waals surface area contributed by atoms with Crippen molar-refractivity contribution in [2.45, 2.75) is 6.18 Å². The molecule has 2 aromatic rings. The molecule has 2 rings (SSSR count). The van der Waals surface area contributed by atoms with E-state index in [9.17, 15) is 18.0 Å². The van der Waals surface area contributed by atoms with Crippen LogP contribution in [0, 0.1) is 0 Å². The predicted molar refractivity (Wildman–Crippen MR) is 76.7 cm³/mol. The van der Waals surface area contributed by atoms with Gasteiger partial charge in [-0.1, -0.05) is 30.3 Å². The van der Waals surface area contributed by atoms with Crippen molar-refractivity contribution in [2.24, 2.45) is 0 Å². The number of rotatable bonds is 3. The van der Waals surface area contributed by atoms with Gasteiger partial charge < -0.3 is 14.8 Å². The van der Waals surface area contributed by atoms with Gasteiger partial charge in [-0.15, -0.1) is 0 Å². The molecule has 0 bridgehead atoms. The Morgan fingerprint density at radius 1 is 1.00 bits per heavy atom. The SMILES string of the molecule is O=C(O)C(F)(F)F.O=C(O)c1cccn1/C=C/c1ccccc1. The van der Waals surface area contributed by atoms with Crippen molar-refractivity contribution in [3.05, 3.63) is 59.9 Å². The molecule has 23 heavy (non-hydrogen) atoms. The van der Waals surface area contributed by atoms with E-state index in [-0.39, 0.29) is 5.69 Å². The van der Waals surface area contributed by atoms with Crippen molar-refractivity contribution in [1.29, 1.82) is 0 Å². The van der Waals surface area contributed by atoms with E-state index in [1.165, 1.54) is 0 Å². The maximum atomic E-state index is 10.8. The third kappa shape index (κ3) is 6.08. The zero-order valence-electron chi connectivity index (χ0n) is 11.6. The Balaban J connectivity index is 0.000000322. The highest BCUT2D eigenvalue weighted by molar-refractivity contribution is 5.87. The summed E-state index contributed by atoms with van der Waals surface area (Å²) >= 11 is 0. The van der Waals surface area contributed by atoms with Crippen LogP contribution in [0.5, 0.6) is 0 Å². The summed E-state index contributed by atoms with van der Waals surface area (Å²) in [6.07, 6.45) is 0.230. The van der Waals surface area contributed by atoms with E-state index in [2.05, 4.69) is 0 Å². The maximum absolute atomic E-state index is 10.8. The van der Waals surface area contributed by atoms with Crippen molar-refractivity contribution in [3.8, 4) is 0 Å². The Labute approximate surface area is 128 Å². The number of halogens is 3. The van der Waals surface area contributed by atoms with Gasteiger partial charge in [0, 0.05) is 12.4 Å². The third-order valence-corrected chi connectivity index (χ3v) is 2.47. The fourth-order valence-electron chi connectivity index (χ4n) is 1.44. The predicted octanol–water partition coefficient (Wildman–Crippen LogP) is 3.45. The highest BCUT2D eigenvalue weighted by atomic mass is 19.4. The van der Waals surface area contributed by atoms with Gasteiger partial charge >= 0.3 is 18.1 Å². The van der Waals surface area contributed by atoms with Gasteiger partial charge in [-0.2, -0.15) is 13.2 Å². The lowest BCUT2D eigenvalue weighted by molar-refractivity contribution is -0.192. The Kier molecular flexibility index (Phi) is 6.13. The minimum atomic E-state index is -5.08. The molecule has 0 atom stereocenters. The largest absolute Gasteiger partial charge is 0.490 e. The van der Waals surface area contributed by atoms with Crippen LogP contribution in [0.4, 0.5) is 13.2 Å². The molecule has 1 heterocycles. The first-order chi connectivity index (χ1) is 10.7. The number of aliphatic carboxylic acids is 1. The number of carboxylic acid groups (broad SMARTS) is 2. The van der Waals surface area contributed by atoms with Crippen LogP contribution in [-0.4, -0.2) is 32.9 Å². The third-order valence-electron chi connectivity index (χ3n) is 2.47. The fourth-order valence-corrected chi connectivity index (χ4v) is 1.44. The number of nitrogens with zero attached hydrogens (tertiary/aromatic N) is 1. The topological polar surface area (TPSA) is 79.5 Å². The fraction of sp³-hybridized carbons (Fsp3) is 0.0667. The van der Waals surface area contributed by atoms with Crippen molar-refractivity contribution in [1.82, 2.24) is 4.57 Å². The van der Waals surface area contributed by atoms with Gasteiger partial charge in [0.2, 0.25) is 0 Å². The molecular formula is C15H12F3NO4. The number of benzene rings is 1. The van der Waals surface area contributed by atoms with Gasteiger partial charge in [-0.25, -0.2) is 9.59 Å². The maximum Gasteiger partial charge on any atom is 0.490 e. The Morgan fingerprint density at radius 3 is 2.04 bits per heavy atom. The number of alkyl halides is 3. The molecule has 0 spiro atoms. The van der Waals surface area contributed by atoms with Crippen molar-refractivity contribution >= 4 is 24.2 Å². The normalized spacial score (nSPS) is 10.9. The smallest absolute Gasteiger partial charge is 0.477 e. The van der Waals surface area contributed by atoms with Crippen molar-refractivity contribution in [2.75, 3.05) is 0 Å². The summed E-state index contributed by atoms with van der Waals surface area (Å²) in [5, 5.41) is 16.0. The standard InChI is InChI=1S/C13H11NO2.C2HF3O2/c15-13(16)12-7-4-9-14(12)10-8-11-5-2-1-3-6-11;3-2(4,5)1(6)7/h1-10H,(H,15,16);(H,6,7)/b10-8+;. The molecule has 1 aromatic heterocycles. The summed E-state index contributed by atoms with van der Waals surface area (Å²) in [5.41, 5.74) is 1.29. The minimum absolute atomic E-state index is 0.257. The molecule has 2 N–H and O–H groups in total. The number of hydrogen-bond acceptors (Lipinski definition) is 2. The molecule has 0 fully saturated rings. The van der Waals surface area contributed by atoms with Gasteiger partial charge in [-0.05, 0) is 23.8 Å². The molecular weight excluding hydrogens is 315 g/mol. The van der Waals surface area contributed by atoms with Gasteiger partial charge in [0.05, 0.1) is 0 Å². The van der Waals surface area contributed by atoms with E-state index in [0.717, 1.165) is 5.56 Å². The van der Waals surface area contributed by atoms with E-state index in [1.807, 2.05) is 36.4 Å². The monoisotopic (exact) mass is 327 g/mol. The van der Waals surface area contributed by atoms with Gasteiger partial charge in [0.25, 0.3) is 0 Å². The zero-order valence-corrected chi connectivity index (χ0v) is 11.6. The highest BCUT2D eigenvalue weighted by Gasteiger charge is 2.38. The van der Waals surface area contributed by atoms with Crippen LogP contribution in [-0.2, 0) is 4.79 Å². The Hall–Kier alpha value is -3.03. The van der Waals surface area contributed by atoms with Crippen molar-refractivity contribution in [3.63, 3.8) is 0 Å². The number of aromatic nitrogens is 1. The van der Waals surface area contributed by atoms with Crippen LogP contribution in [0.25, 0.3) is 12.3 Å². The molecule has 0 aliphatic rings. The van der Waals surface area contributed by atoms with E-state index in [0.29, 0.717) is 0 Å². The van der Waals surface area contributed by atoms with Gasteiger partial charge in [0.1, 0.15) is 5.69 Å². The van der Waals surface area contributed by atoms with E-state index in [4.69, 9.17) is 15.0 Å². The molecule has 5 nitrogen and oxygen atoms in total. The summed E-state index contributed by atoms with van der Waals surface area (Å²) in [5.74, 6) is -3.68. The molecule has 0 aliphatic heterocycles. The number of carbonyl (C=O) groups is 2. The van der Waals surface area contributed by atoms with E-state index >= 15 is 0 Å². The molecule has 0 unspecified atom stereocenters. The number of aromatic carboxylic acids is 1. The first-order valence-electron chi connectivity index (χ1n) is 6.15. The Bertz CT molecular complexity index is 690. The lowest BCUT2D eigenvalue weighted by Gasteiger charge is -1.98. The summed E-state index contributed by atoms with van der Waals surface area (Å²) < 4.78 is 33.3. The number of carboxylic acids is 2. The van der Waals surface area contributed by atoms with Crippen molar-refractivity contribution < 1.29 is 33.0 Å². The van der Waals surface area contributed by atoms with Crippen LogP contribution in [0.1, 0.15) is 16.1 Å². The second kappa shape index (κ2) is 7.83. The second-order valence-electron chi connectivity index (χ2n) is 4.14. The first-order valence-corrected chi connectivity index (χ1v) is 6.15. The molecule has 0 aliphatic carbocycles. The lowest BCUT2D eigenvalue weighted by Crippen LogP contribution is -2.21. The van der Waals surface area contributed by atoms with E-state index in [1.54, 1.807) is 29.1 Å². The van der Waals surface area contributed by atoms with Gasteiger partial charge in [-0.3, -0.25) is 0 Å². The Morgan fingerprint density at radius 2 is 1.57 bits per heavy atom. The molecule has 0 radical (unpaired) electrons. The summed E-state index contributed by atoms with van der Waals surface area (Å²) in [4.78, 5) is 19.7. The van der Waals surface area contributed by atoms with Gasteiger partial charge in [0.15, 0.2) is 0 Å². The molecule has 1 aromatic carbocycles. The zero-order chi connectivity index (χ0) is 17.5. The first kappa shape index (κ1) is 18.0. The molecule has 8 heteroatoms.